The Labute approximate surface area is 157 Å². The van der Waals surface area contributed by atoms with Crippen LogP contribution in [-0.4, -0.2) is 44.0 Å². The van der Waals surface area contributed by atoms with Crippen LogP contribution >= 0.6 is 15.9 Å². The zero-order chi connectivity index (χ0) is 17.9. The molecule has 1 aliphatic rings. The third kappa shape index (κ3) is 3.67. The Kier molecular flexibility index (Phi) is 4.79. The van der Waals surface area contributed by atoms with Gasteiger partial charge in [0.25, 0.3) is 5.91 Å². The summed E-state index contributed by atoms with van der Waals surface area (Å²) in [7, 11) is 0. The molecule has 0 aromatic carbocycles. The average molecular weight is 418 g/mol. The Morgan fingerprint density at radius 2 is 2.27 bits per heavy atom. The largest absolute Gasteiger partial charge is 0.444 e. The molecule has 0 aliphatic carbocycles. The molecule has 3 aromatic heterocycles. The highest BCUT2D eigenvalue weighted by Gasteiger charge is 2.27. The molecule has 1 aliphatic heterocycles. The van der Waals surface area contributed by atoms with Gasteiger partial charge in [0.15, 0.2) is 10.4 Å². The van der Waals surface area contributed by atoms with E-state index in [0.29, 0.717) is 40.8 Å². The number of likely N-dealkylation sites (tertiary alicyclic amines) is 1. The van der Waals surface area contributed by atoms with Crippen LogP contribution in [0.4, 0.5) is 0 Å². The van der Waals surface area contributed by atoms with Gasteiger partial charge in [0, 0.05) is 31.9 Å². The number of carbonyl (C=O) groups excluding carboxylic acids is 1. The third-order valence-corrected chi connectivity index (χ3v) is 4.74. The second-order valence-corrected chi connectivity index (χ2v) is 6.95. The van der Waals surface area contributed by atoms with Gasteiger partial charge in [0.2, 0.25) is 11.7 Å². The molecular weight excluding hydrogens is 402 g/mol. The number of furan rings is 1. The van der Waals surface area contributed by atoms with Gasteiger partial charge in [0.1, 0.15) is 5.69 Å². The highest BCUT2D eigenvalue weighted by Crippen LogP contribution is 2.24. The second kappa shape index (κ2) is 7.36. The van der Waals surface area contributed by atoms with Crippen LogP contribution in [0, 0.1) is 5.92 Å². The number of aromatic nitrogens is 4. The predicted molar refractivity (Wildman–Crippen MR) is 94.1 cm³/mol. The quantitative estimate of drug-likeness (QED) is 0.643. The molecular formula is C17H16BrN5O3. The zero-order valence-electron chi connectivity index (χ0n) is 13.8. The van der Waals surface area contributed by atoms with Gasteiger partial charge in [-0.25, -0.2) is 4.98 Å². The summed E-state index contributed by atoms with van der Waals surface area (Å²) in [6, 6.07) is 3.41. The van der Waals surface area contributed by atoms with Crippen molar-refractivity contribution in [3.8, 4) is 11.5 Å². The fourth-order valence-corrected chi connectivity index (χ4v) is 3.41. The second-order valence-electron chi connectivity index (χ2n) is 6.17. The van der Waals surface area contributed by atoms with E-state index in [9.17, 15) is 4.79 Å². The van der Waals surface area contributed by atoms with Crippen molar-refractivity contribution >= 4 is 21.8 Å². The standard InChI is InChI=1S/C17H16BrN5O3/c18-14-4-3-13(25-14)17(24)23-7-1-2-11(10-23)8-15-21-16(22-26-15)12-9-19-5-6-20-12/h3-6,9,11H,1-2,7-8,10H2. The van der Waals surface area contributed by atoms with Gasteiger partial charge >= 0.3 is 0 Å². The van der Waals surface area contributed by atoms with Crippen LogP contribution in [0.25, 0.3) is 11.5 Å². The molecule has 26 heavy (non-hydrogen) atoms. The molecule has 4 rings (SSSR count). The van der Waals surface area contributed by atoms with Gasteiger partial charge in [-0.05, 0) is 46.8 Å². The van der Waals surface area contributed by atoms with Crippen molar-refractivity contribution in [2.45, 2.75) is 19.3 Å². The van der Waals surface area contributed by atoms with Gasteiger partial charge < -0.3 is 13.8 Å². The first kappa shape index (κ1) is 16.9. The highest BCUT2D eigenvalue weighted by atomic mass is 79.9. The third-order valence-electron chi connectivity index (χ3n) is 4.31. The first-order chi connectivity index (χ1) is 12.7. The van der Waals surface area contributed by atoms with Crippen molar-refractivity contribution in [2.24, 2.45) is 5.92 Å². The molecule has 1 amide bonds. The number of hydrogen-bond donors (Lipinski definition) is 0. The lowest BCUT2D eigenvalue weighted by Gasteiger charge is -2.31. The summed E-state index contributed by atoms with van der Waals surface area (Å²) in [4.78, 5) is 26.9. The summed E-state index contributed by atoms with van der Waals surface area (Å²) in [5.74, 6) is 1.50. The molecule has 134 valence electrons. The molecule has 4 heterocycles. The highest BCUT2D eigenvalue weighted by molar-refractivity contribution is 9.10. The number of halogens is 1. The molecule has 0 radical (unpaired) electrons. The Balaban J connectivity index is 1.41. The summed E-state index contributed by atoms with van der Waals surface area (Å²) >= 11 is 3.23. The van der Waals surface area contributed by atoms with E-state index in [-0.39, 0.29) is 11.8 Å². The molecule has 8 nitrogen and oxygen atoms in total. The lowest BCUT2D eigenvalue weighted by Crippen LogP contribution is -2.40. The fourth-order valence-electron chi connectivity index (χ4n) is 3.10. The number of amides is 1. The minimum absolute atomic E-state index is 0.0915. The average Bonchev–Trinajstić information content (AvgIpc) is 3.31. The SMILES string of the molecule is O=C(c1ccc(Br)o1)N1CCCC(Cc2nc(-c3cnccn3)no2)C1. The van der Waals surface area contributed by atoms with Gasteiger partial charge in [-0.1, -0.05) is 5.16 Å². The van der Waals surface area contributed by atoms with Crippen molar-refractivity contribution in [1.29, 1.82) is 0 Å². The first-order valence-corrected chi connectivity index (χ1v) is 9.12. The number of piperidine rings is 1. The summed E-state index contributed by atoms with van der Waals surface area (Å²) in [6.45, 7) is 1.36. The van der Waals surface area contributed by atoms with E-state index in [1.807, 2.05) is 4.90 Å². The van der Waals surface area contributed by atoms with Gasteiger partial charge in [-0.3, -0.25) is 9.78 Å². The lowest BCUT2D eigenvalue weighted by molar-refractivity contribution is 0.0635. The lowest BCUT2D eigenvalue weighted by atomic mass is 9.94. The van der Waals surface area contributed by atoms with E-state index in [2.05, 4.69) is 36.0 Å². The van der Waals surface area contributed by atoms with Crippen LogP contribution in [-0.2, 0) is 6.42 Å². The van der Waals surface area contributed by atoms with Crippen molar-refractivity contribution in [3.05, 3.63) is 47.0 Å². The summed E-state index contributed by atoms with van der Waals surface area (Å²) < 4.78 is 11.3. The summed E-state index contributed by atoms with van der Waals surface area (Å²) in [5, 5.41) is 3.97. The van der Waals surface area contributed by atoms with Crippen molar-refractivity contribution in [2.75, 3.05) is 13.1 Å². The van der Waals surface area contributed by atoms with E-state index in [4.69, 9.17) is 8.94 Å². The Hall–Kier alpha value is -2.55. The number of carbonyl (C=O) groups is 1. The van der Waals surface area contributed by atoms with Crippen molar-refractivity contribution in [3.63, 3.8) is 0 Å². The maximum absolute atomic E-state index is 12.5. The molecule has 0 saturated carbocycles. The molecule has 1 atom stereocenters. The number of hydrogen-bond acceptors (Lipinski definition) is 7. The molecule has 0 bridgehead atoms. The predicted octanol–water partition coefficient (Wildman–Crippen LogP) is 2.98. The molecule has 1 unspecified atom stereocenters. The van der Waals surface area contributed by atoms with Gasteiger partial charge in [-0.15, -0.1) is 0 Å². The topological polar surface area (TPSA) is 98.2 Å². The maximum atomic E-state index is 12.5. The Bertz CT molecular complexity index is 895. The molecule has 0 N–H and O–H groups in total. The summed E-state index contributed by atoms with van der Waals surface area (Å²) in [5.41, 5.74) is 0.575. The van der Waals surface area contributed by atoms with E-state index in [0.717, 1.165) is 19.4 Å². The van der Waals surface area contributed by atoms with E-state index in [1.165, 1.54) is 0 Å². The van der Waals surface area contributed by atoms with Crippen LogP contribution in [0.2, 0.25) is 0 Å². The summed E-state index contributed by atoms with van der Waals surface area (Å²) in [6.07, 6.45) is 7.34. The van der Waals surface area contributed by atoms with E-state index < -0.39 is 0 Å². The smallest absolute Gasteiger partial charge is 0.289 e. The van der Waals surface area contributed by atoms with Crippen molar-refractivity contribution in [1.82, 2.24) is 25.0 Å². The maximum Gasteiger partial charge on any atom is 0.289 e. The van der Waals surface area contributed by atoms with E-state index >= 15 is 0 Å². The van der Waals surface area contributed by atoms with Gasteiger partial charge in [0.05, 0.1) is 6.20 Å². The van der Waals surface area contributed by atoms with Gasteiger partial charge in [-0.2, -0.15) is 4.98 Å². The number of rotatable bonds is 4. The minimum Gasteiger partial charge on any atom is -0.444 e. The van der Waals surface area contributed by atoms with Crippen LogP contribution in [0.3, 0.4) is 0 Å². The molecule has 9 heteroatoms. The Morgan fingerprint density at radius 1 is 1.35 bits per heavy atom. The molecule has 1 saturated heterocycles. The Morgan fingerprint density at radius 3 is 3.04 bits per heavy atom. The minimum atomic E-state index is -0.0915. The zero-order valence-corrected chi connectivity index (χ0v) is 15.4. The molecule has 1 fully saturated rings. The number of nitrogens with zero attached hydrogens (tertiary/aromatic N) is 5. The fraction of sp³-hybridized carbons (Fsp3) is 0.353. The molecule has 0 spiro atoms. The monoisotopic (exact) mass is 417 g/mol. The van der Waals surface area contributed by atoms with E-state index in [1.54, 1.807) is 30.7 Å². The van der Waals surface area contributed by atoms with Crippen LogP contribution in [0.1, 0.15) is 29.3 Å². The first-order valence-electron chi connectivity index (χ1n) is 8.32. The van der Waals surface area contributed by atoms with Crippen LogP contribution in [0.5, 0.6) is 0 Å². The molecule has 3 aromatic rings. The van der Waals surface area contributed by atoms with Crippen LogP contribution < -0.4 is 0 Å². The normalized spacial score (nSPS) is 17.4. The van der Waals surface area contributed by atoms with Crippen LogP contribution in [0.15, 0.2) is 44.3 Å². The van der Waals surface area contributed by atoms with Crippen molar-refractivity contribution < 1.29 is 13.7 Å².